The van der Waals surface area contributed by atoms with Gasteiger partial charge in [0.2, 0.25) is 0 Å². The number of hydrogen-bond donors (Lipinski definition) is 0. The first kappa shape index (κ1) is 16.3. The third-order valence-electron chi connectivity index (χ3n) is 2.53. The number of pyridine rings is 1. The summed E-state index contributed by atoms with van der Waals surface area (Å²) in [4.78, 5) is 4.08. The van der Waals surface area contributed by atoms with Gasteiger partial charge in [-0.2, -0.15) is 0 Å². The Labute approximate surface area is 133 Å². The van der Waals surface area contributed by atoms with Crippen LogP contribution >= 0.6 is 47.2 Å². The van der Waals surface area contributed by atoms with Crippen LogP contribution in [0.5, 0.6) is 0 Å². The zero-order valence-electron chi connectivity index (χ0n) is 9.82. The van der Waals surface area contributed by atoms with Gasteiger partial charge in [0.15, 0.2) is 0 Å². The normalized spacial score (nSPS) is 11.0. The van der Waals surface area contributed by atoms with E-state index in [0.29, 0.717) is 16.5 Å². The number of benzene rings is 1. The second-order valence-electron chi connectivity index (χ2n) is 3.80. The van der Waals surface area contributed by atoms with Crippen LogP contribution in [0.4, 0.5) is 0 Å². The lowest BCUT2D eigenvalue weighted by Crippen LogP contribution is -1.92. The average molecular weight is 335 g/mol. The summed E-state index contributed by atoms with van der Waals surface area (Å²) < 4.78 is 0. The molecule has 0 spiro atoms. The molecule has 2 rings (SSSR count). The van der Waals surface area contributed by atoms with Gasteiger partial charge in [0.05, 0.1) is 0 Å². The lowest BCUT2D eigenvalue weighted by Gasteiger charge is -2.09. The van der Waals surface area contributed by atoms with Crippen LogP contribution in [-0.4, -0.2) is 4.98 Å². The molecule has 1 aromatic heterocycles. The lowest BCUT2D eigenvalue weighted by atomic mass is 10.0. The molecule has 0 unspecified atom stereocenters. The van der Waals surface area contributed by atoms with E-state index < -0.39 is 0 Å². The summed E-state index contributed by atoms with van der Waals surface area (Å²) in [7, 11) is 0. The van der Waals surface area contributed by atoms with Gasteiger partial charge in [-0.15, -0.1) is 12.4 Å². The first-order valence-corrected chi connectivity index (χ1v) is 6.53. The predicted octanol–water partition coefficient (Wildman–Crippen LogP) is 5.63. The number of nitrogens with zero attached hydrogens (tertiary/aromatic N) is 1. The molecule has 5 heteroatoms. The second-order valence-corrected chi connectivity index (χ2v) is 4.86. The van der Waals surface area contributed by atoms with Gasteiger partial charge < -0.3 is 0 Å². The van der Waals surface area contributed by atoms with E-state index in [2.05, 4.69) is 4.98 Å². The number of rotatable bonds is 3. The first-order chi connectivity index (χ1) is 8.70. The zero-order valence-corrected chi connectivity index (χ0v) is 12.9. The van der Waals surface area contributed by atoms with Crippen LogP contribution < -0.4 is 0 Å². The molecule has 1 heterocycles. The summed E-state index contributed by atoms with van der Waals surface area (Å²) in [6.07, 6.45) is 4.23. The molecule has 0 amide bonds. The standard InChI is InChI=1S/C14H10Cl3N.ClH/c15-8-11(6-10-2-1-5-18-9-10)13-4-3-12(16)7-14(13)17;/h1-5,7-9H,6H2;1H/b11-8+;. The number of hydrogen-bond acceptors (Lipinski definition) is 1. The van der Waals surface area contributed by atoms with Gasteiger partial charge in [0.1, 0.15) is 0 Å². The maximum Gasteiger partial charge on any atom is 0.0496 e. The van der Waals surface area contributed by atoms with E-state index in [9.17, 15) is 0 Å². The minimum Gasteiger partial charge on any atom is -0.264 e. The maximum atomic E-state index is 6.17. The first-order valence-electron chi connectivity index (χ1n) is 5.34. The van der Waals surface area contributed by atoms with Crippen molar-refractivity contribution < 1.29 is 0 Å². The minimum atomic E-state index is 0. The molecule has 1 aromatic carbocycles. The molecule has 2 aromatic rings. The van der Waals surface area contributed by atoms with Gasteiger partial charge in [0.25, 0.3) is 0 Å². The van der Waals surface area contributed by atoms with Gasteiger partial charge in [-0.05, 0) is 34.9 Å². The van der Waals surface area contributed by atoms with Gasteiger partial charge in [0, 0.05) is 34.4 Å². The molecular weight excluding hydrogens is 324 g/mol. The van der Waals surface area contributed by atoms with Crippen LogP contribution in [0.2, 0.25) is 10.0 Å². The van der Waals surface area contributed by atoms with Crippen LogP contribution in [-0.2, 0) is 6.42 Å². The Morgan fingerprint density at radius 1 is 1.21 bits per heavy atom. The molecule has 0 atom stereocenters. The Bertz CT molecular complexity index is 567. The van der Waals surface area contributed by atoms with Crippen molar-refractivity contribution in [1.82, 2.24) is 4.98 Å². The fraction of sp³-hybridized carbons (Fsp3) is 0.0714. The van der Waals surface area contributed by atoms with Crippen LogP contribution in [0.15, 0.2) is 48.3 Å². The lowest BCUT2D eigenvalue weighted by molar-refractivity contribution is 1.20. The van der Waals surface area contributed by atoms with Crippen molar-refractivity contribution in [3.8, 4) is 0 Å². The highest BCUT2D eigenvalue weighted by atomic mass is 35.5. The van der Waals surface area contributed by atoms with Crippen molar-refractivity contribution in [3.63, 3.8) is 0 Å². The quantitative estimate of drug-likeness (QED) is 0.708. The molecule has 0 bridgehead atoms. The third kappa shape index (κ3) is 4.39. The molecule has 0 aliphatic carbocycles. The monoisotopic (exact) mass is 333 g/mol. The van der Waals surface area contributed by atoms with Gasteiger partial charge in [-0.25, -0.2) is 0 Å². The highest BCUT2D eigenvalue weighted by Gasteiger charge is 2.08. The molecular formula is C14H11Cl4N. The van der Waals surface area contributed by atoms with E-state index in [1.165, 1.54) is 0 Å². The van der Waals surface area contributed by atoms with Crippen LogP contribution in [0.3, 0.4) is 0 Å². The Kier molecular flexibility index (Phi) is 6.67. The molecule has 19 heavy (non-hydrogen) atoms. The van der Waals surface area contributed by atoms with E-state index in [4.69, 9.17) is 34.8 Å². The van der Waals surface area contributed by atoms with Crippen LogP contribution in [0, 0.1) is 0 Å². The Balaban J connectivity index is 0.00000180. The summed E-state index contributed by atoms with van der Waals surface area (Å²) in [5.41, 5.74) is 4.45. The fourth-order valence-electron chi connectivity index (χ4n) is 1.67. The topological polar surface area (TPSA) is 12.9 Å². The van der Waals surface area contributed by atoms with E-state index in [1.807, 2.05) is 24.4 Å². The summed E-state index contributed by atoms with van der Waals surface area (Å²) >= 11 is 17.9. The van der Waals surface area contributed by atoms with Crippen molar-refractivity contribution in [2.45, 2.75) is 6.42 Å². The van der Waals surface area contributed by atoms with Crippen molar-refractivity contribution in [2.75, 3.05) is 0 Å². The number of allylic oxidation sites excluding steroid dienone is 1. The molecule has 0 fully saturated rings. The maximum absolute atomic E-state index is 6.17. The highest BCUT2D eigenvalue weighted by Crippen LogP contribution is 2.29. The largest absolute Gasteiger partial charge is 0.264 e. The molecule has 0 saturated heterocycles. The fourth-order valence-corrected chi connectivity index (χ4v) is 2.39. The highest BCUT2D eigenvalue weighted by molar-refractivity contribution is 6.36. The number of aromatic nitrogens is 1. The summed E-state index contributed by atoms with van der Waals surface area (Å²) in [6.45, 7) is 0. The van der Waals surface area contributed by atoms with E-state index in [0.717, 1.165) is 16.7 Å². The van der Waals surface area contributed by atoms with Crippen molar-refractivity contribution in [1.29, 1.82) is 0 Å². The van der Waals surface area contributed by atoms with Crippen molar-refractivity contribution >= 4 is 52.8 Å². The van der Waals surface area contributed by atoms with Gasteiger partial charge in [-0.3, -0.25) is 4.98 Å². The Morgan fingerprint density at radius 3 is 2.58 bits per heavy atom. The molecule has 0 aliphatic rings. The summed E-state index contributed by atoms with van der Waals surface area (Å²) in [6, 6.07) is 9.27. The smallest absolute Gasteiger partial charge is 0.0496 e. The molecule has 100 valence electrons. The molecule has 0 aliphatic heterocycles. The van der Waals surface area contributed by atoms with Crippen molar-refractivity contribution in [2.24, 2.45) is 0 Å². The minimum absolute atomic E-state index is 0. The van der Waals surface area contributed by atoms with Gasteiger partial charge in [-0.1, -0.05) is 46.9 Å². The van der Waals surface area contributed by atoms with E-state index in [-0.39, 0.29) is 12.4 Å². The summed E-state index contributed by atoms with van der Waals surface area (Å²) in [5, 5.41) is 1.21. The Hall–Kier alpha value is -0.730. The third-order valence-corrected chi connectivity index (χ3v) is 3.34. The Morgan fingerprint density at radius 2 is 2.00 bits per heavy atom. The zero-order chi connectivity index (χ0) is 13.0. The van der Waals surface area contributed by atoms with E-state index in [1.54, 1.807) is 23.9 Å². The average Bonchev–Trinajstić information content (AvgIpc) is 2.38. The predicted molar refractivity (Wildman–Crippen MR) is 85.5 cm³/mol. The second kappa shape index (κ2) is 7.76. The molecule has 0 N–H and O–H groups in total. The van der Waals surface area contributed by atoms with E-state index >= 15 is 0 Å². The molecule has 1 nitrogen and oxygen atoms in total. The summed E-state index contributed by atoms with van der Waals surface area (Å²) in [5.74, 6) is 0. The van der Waals surface area contributed by atoms with Crippen molar-refractivity contribution in [3.05, 3.63) is 69.4 Å². The van der Waals surface area contributed by atoms with Crippen LogP contribution in [0.25, 0.3) is 5.57 Å². The SMILES string of the molecule is Cl.Cl/C=C(\Cc1cccnc1)c1ccc(Cl)cc1Cl. The molecule has 0 saturated carbocycles. The number of halogens is 4. The van der Waals surface area contributed by atoms with Gasteiger partial charge >= 0.3 is 0 Å². The molecule has 0 radical (unpaired) electrons. The van der Waals surface area contributed by atoms with Crippen LogP contribution in [0.1, 0.15) is 11.1 Å².